The van der Waals surface area contributed by atoms with Gasteiger partial charge in [-0.25, -0.2) is 0 Å². The lowest BCUT2D eigenvalue weighted by molar-refractivity contribution is 0.528. The van der Waals surface area contributed by atoms with Crippen LogP contribution in [0.15, 0.2) is 29.6 Å². The van der Waals surface area contributed by atoms with Crippen LogP contribution in [0.1, 0.15) is 46.5 Å². The van der Waals surface area contributed by atoms with Crippen LogP contribution in [0.4, 0.5) is 0 Å². The van der Waals surface area contributed by atoms with Gasteiger partial charge >= 0.3 is 0 Å². The van der Waals surface area contributed by atoms with Crippen LogP contribution in [-0.4, -0.2) is 6.54 Å². The molecular formula is C18H25NS. The summed E-state index contributed by atoms with van der Waals surface area (Å²) in [6, 6.07) is 9.58. The molecule has 0 aliphatic rings. The maximum atomic E-state index is 3.71. The highest BCUT2D eigenvalue weighted by molar-refractivity contribution is 7.10. The van der Waals surface area contributed by atoms with Crippen molar-refractivity contribution in [2.45, 2.75) is 46.6 Å². The third-order valence-corrected chi connectivity index (χ3v) is 4.50. The molecule has 0 radical (unpaired) electrons. The highest BCUT2D eigenvalue weighted by atomic mass is 32.1. The zero-order valence-electron chi connectivity index (χ0n) is 13.0. The van der Waals surface area contributed by atoms with Crippen LogP contribution in [0.5, 0.6) is 0 Å². The molecule has 0 amide bonds. The van der Waals surface area contributed by atoms with Crippen LogP contribution in [-0.2, 0) is 6.42 Å². The second kappa shape index (κ2) is 7.05. The molecule has 0 bridgehead atoms. The molecule has 2 aromatic rings. The Bertz CT molecular complexity index is 536. The van der Waals surface area contributed by atoms with Crippen molar-refractivity contribution < 1.29 is 0 Å². The molecule has 1 nitrogen and oxygen atoms in total. The molecule has 2 heteroatoms. The number of thiophene rings is 1. The lowest BCUT2D eigenvalue weighted by Crippen LogP contribution is -2.24. The van der Waals surface area contributed by atoms with Gasteiger partial charge in [-0.2, -0.15) is 0 Å². The fraction of sp³-hybridized carbons (Fsp3) is 0.444. The van der Waals surface area contributed by atoms with Gasteiger partial charge in [0, 0.05) is 10.9 Å². The topological polar surface area (TPSA) is 12.0 Å². The summed E-state index contributed by atoms with van der Waals surface area (Å²) in [5.41, 5.74) is 5.61. The van der Waals surface area contributed by atoms with E-state index >= 15 is 0 Å². The van der Waals surface area contributed by atoms with Gasteiger partial charge in [0.1, 0.15) is 0 Å². The predicted octanol–water partition coefficient (Wildman–Crippen LogP) is 4.96. The maximum Gasteiger partial charge on any atom is 0.0371 e. The summed E-state index contributed by atoms with van der Waals surface area (Å²) in [5, 5.41) is 5.91. The largest absolute Gasteiger partial charge is 0.310 e. The first-order chi connectivity index (χ1) is 9.60. The van der Waals surface area contributed by atoms with Gasteiger partial charge in [-0.15, -0.1) is 11.3 Å². The Morgan fingerprint density at radius 2 is 1.80 bits per heavy atom. The van der Waals surface area contributed by atoms with Crippen molar-refractivity contribution in [2.24, 2.45) is 0 Å². The van der Waals surface area contributed by atoms with E-state index in [9.17, 15) is 0 Å². The summed E-state index contributed by atoms with van der Waals surface area (Å²) in [6.07, 6.45) is 2.24. The first-order valence-electron chi connectivity index (χ1n) is 7.44. The van der Waals surface area contributed by atoms with Crippen LogP contribution in [0.3, 0.4) is 0 Å². The SMILES string of the molecule is CCCNC(Cc1cc(C)cc(C)c1)c1ccsc1C. The van der Waals surface area contributed by atoms with E-state index in [1.165, 1.54) is 33.6 Å². The zero-order chi connectivity index (χ0) is 14.5. The fourth-order valence-electron chi connectivity index (χ4n) is 2.79. The van der Waals surface area contributed by atoms with Crippen LogP contribution in [0.25, 0.3) is 0 Å². The van der Waals surface area contributed by atoms with E-state index in [-0.39, 0.29) is 0 Å². The molecule has 0 spiro atoms. The van der Waals surface area contributed by atoms with E-state index in [1.54, 1.807) is 0 Å². The van der Waals surface area contributed by atoms with Crippen LogP contribution in [0, 0.1) is 20.8 Å². The Labute approximate surface area is 127 Å². The first-order valence-corrected chi connectivity index (χ1v) is 8.32. The highest BCUT2D eigenvalue weighted by Crippen LogP contribution is 2.26. The van der Waals surface area contributed by atoms with Gasteiger partial charge in [0.15, 0.2) is 0 Å². The molecule has 0 saturated heterocycles. The molecule has 2 rings (SSSR count). The van der Waals surface area contributed by atoms with E-state index in [1.807, 2.05) is 11.3 Å². The van der Waals surface area contributed by atoms with Gasteiger partial charge < -0.3 is 5.32 Å². The van der Waals surface area contributed by atoms with Crippen LogP contribution >= 0.6 is 11.3 Å². The molecule has 1 N–H and O–H groups in total. The Morgan fingerprint density at radius 1 is 1.10 bits per heavy atom. The molecule has 1 unspecified atom stereocenters. The molecule has 1 heterocycles. The van der Waals surface area contributed by atoms with E-state index in [0.717, 1.165) is 13.0 Å². The highest BCUT2D eigenvalue weighted by Gasteiger charge is 2.15. The third-order valence-electron chi connectivity index (χ3n) is 3.64. The molecule has 1 atom stereocenters. The molecule has 108 valence electrons. The van der Waals surface area contributed by atoms with Crippen molar-refractivity contribution >= 4 is 11.3 Å². The minimum atomic E-state index is 0.433. The monoisotopic (exact) mass is 287 g/mol. The van der Waals surface area contributed by atoms with Gasteiger partial charge in [0.05, 0.1) is 0 Å². The number of hydrogen-bond donors (Lipinski definition) is 1. The van der Waals surface area contributed by atoms with Gasteiger partial charge in [0.2, 0.25) is 0 Å². The smallest absolute Gasteiger partial charge is 0.0371 e. The summed E-state index contributed by atoms with van der Waals surface area (Å²) in [6.45, 7) is 9.88. The number of nitrogens with one attached hydrogen (secondary N) is 1. The van der Waals surface area contributed by atoms with Crippen LogP contribution < -0.4 is 5.32 Å². The van der Waals surface area contributed by atoms with Gasteiger partial charge in [-0.05, 0) is 62.7 Å². The van der Waals surface area contributed by atoms with Gasteiger partial charge in [-0.1, -0.05) is 36.2 Å². The quantitative estimate of drug-likeness (QED) is 0.792. The van der Waals surface area contributed by atoms with E-state index in [2.05, 4.69) is 62.7 Å². The Hall–Kier alpha value is -1.12. The number of aryl methyl sites for hydroxylation is 3. The summed E-state index contributed by atoms with van der Waals surface area (Å²) in [5.74, 6) is 0. The number of rotatable bonds is 6. The molecule has 0 saturated carbocycles. The maximum absolute atomic E-state index is 3.71. The summed E-state index contributed by atoms with van der Waals surface area (Å²) in [4.78, 5) is 1.43. The Kier molecular flexibility index (Phi) is 5.38. The summed E-state index contributed by atoms with van der Waals surface area (Å²) < 4.78 is 0. The average Bonchev–Trinajstić information content (AvgIpc) is 2.79. The van der Waals surface area contributed by atoms with E-state index < -0.39 is 0 Å². The third kappa shape index (κ3) is 3.94. The molecule has 0 aliphatic carbocycles. The van der Waals surface area contributed by atoms with Crippen LogP contribution in [0.2, 0.25) is 0 Å². The molecule has 1 aromatic heterocycles. The molecule has 20 heavy (non-hydrogen) atoms. The lowest BCUT2D eigenvalue weighted by Gasteiger charge is -2.19. The van der Waals surface area contributed by atoms with Crippen molar-refractivity contribution in [3.05, 3.63) is 56.8 Å². The lowest BCUT2D eigenvalue weighted by atomic mass is 9.97. The van der Waals surface area contributed by atoms with Crippen molar-refractivity contribution in [1.82, 2.24) is 5.32 Å². The standard InChI is InChI=1S/C18H25NS/c1-5-7-19-18(17-6-8-20-15(17)4)12-16-10-13(2)9-14(3)11-16/h6,8-11,18-19H,5,7,12H2,1-4H3. The number of benzene rings is 1. The van der Waals surface area contributed by atoms with E-state index in [4.69, 9.17) is 0 Å². The number of hydrogen-bond acceptors (Lipinski definition) is 2. The predicted molar refractivity (Wildman–Crippen MR) is 89.7 cm³/mol. The van der Waals surface area contributed by atoms with Gasteiger partial charge in [0.25, 0.3) is 0 Å². The normalized spacial score (nSPS) is 12.6. The second-order valence-electron chi connectivity index (χ2n) is 5.64. The van der Waals surface area contributed by atoms with Crippen molar-refractivity contribution in [2.75, 3.05) is 6.54 Å². The molecule has 1 aromatic carbocycles. The van der Waals surface area contributed by atoms with E-state index in [0.29, 0.717) is 6.04 Å². The van der Waals surface area contributed by atoms with Crippen molar-refractivity contribution in [3.8, 4) is 0 Å². The average molecular weight is 287 g/mol. The second-order valence-corrected chi connectivity index (χ2v) is 6.76. The molecule has 0 aliphatic heterocycles. The fourth-order valence-corrected chi connectivity index (χ4v) is 3.55. The summed E-state index contributed by atoms with van der Waals surface area (Å²) >= 11 is 1.84. The Morgan fingerprint density at radius 3 is 2.35 bits per heavy atom. The summed E-state index contributed by atoms with van der Waals surface area (Å²) in [7, 11) is 0. The minimum Gasteiger partial charge on any atom is -0.310 e. The Balaban J connectivity index is 2.21. The van der Waals surface area contributed by atoms with Crippen molar-refractivity contribution in [3.63, 3.8) is 0 Å². The van der Waals surface area contributed by atoms with Crippen molar-refractivity contribution in [1.29, 1.82) is 0 Å². The molecule has 0 fully saturated rings. The first kappa shape index (κ1) is 15.3. The minimum absolute atomic E-state index is 0.433. The van der Waals surface area contributed by atoms with Gasteiger partial charge in [-0.3, -0.25) is 0 Å². The zero-order valence-corrected chi connectivity index (χ0v) is 13.8. The molecular weight excluding hydrogens is 262 g/mol.